The Morgan fingerprint density at radius 3 is 3.20 bits per heavy atom. The normalized spacial score (nSPS) is 13.7. The lowest BCUT2D eigenvalue weighted by molar-refractivity contribution is 1.27. The van der Waals surface area contributed by atoms with Crippen molar-refractivity contribution in [1.29, 1.82) is 0 Å². The van der Waals surface area contributed by atoms with Crippen LogP contribution in [-0.2, 0) is 6.42 Å². The highest BCUT2D eigenvalue weighted by Gasteiger charge is 2.09. The van der Waals surface area contributed by atoms with Crippen LogP contribution in [0.2, 0.25) is 5.15 Å². The summed E-state index contributed by atoms with van der Waals surface area (Å²) in [5.74, 6) is 0. The van der Waals surface area contributed by atoms with Gasteiger partial charge in [-0.3, -0.25) is 4.99 Å². The molecule has 2 rings (SSSR count). The molecule has 2 nitrogen and oxygen atoms in total. The van der Waals surface area contributed by atoms with Crippen LogP contribution in [-0.4, -0.2) is 11.2 Å². The predicted octanol–water partition coefficient (Wildman–Crippen LogP) is 1.99. The molecule has 1 aromatic heterocycles. The van der Waals surface area contributed by atoms with Crippen LogP contribution >= 0.6 is 11.6 Å². The van der Waals surface area contributed by atoms with Crippen LogP contribution in [0.4, 0.5) is 5.69 Å². The van der Waals surface area contributed by atoms with Gasteiger partial charge in [0, 0.05) is 18.8 Å². The number of hydrogen-bond donors (Lipinski definition) is 0. The Labute approximate surface area is 63.6 Å². The molecule has 10 heavy (non-hydrogen) atoms. The summed E-state index contributed by atoms with van der Waals surface area (Å²) >= 11 is 5.74. The van der Waals surface area contributed by atoms with E-state index < -0.39 is 0 Å². The van der Waals surface area contributed by atoms with E-state index in [1.165, 1.54) is 5.56 Å². The van der Waals surface area contributed by atoms with E-state index in [4.69, 9.17) is 11.6 Å². The van der Waals surface area contributed by atoms with Gasteiger partial charge in [0.05, 0.1) is 0 Å². The zero-order chi connectivity index (χ0) is 6.97. The standard InChI is InChI=1S/C7H5ClN2/c8-7-6-5(1-3-9-6)2-4-10-7/h2-4H,1H2. The molecular formula is C7H5ClN2. The molecule has 1 aromatic rings. The zero-order valence-corrected chi connectivity index (χ0v) is 5.97. The minimum atomic E-state index is 0.506. The summed E-state index contributed by atoms with van der Waals surface area (Å²) in [7, 11) is 0. The number of aromatic nitrogens is 1. The maximum atomic E-state index is 5.74. The number of fused-ring (bicyclic) bond motifs is 1. The van der Waals surface area contributed by atoms with Crippen LogP contribution < -0.4 is 0 Å². The van der Waals surface area contributed by atoms with E-state index in [1.807, 2.05) is 12.3 Å². The van der Waals surface area contributed by atoms with Crippen LogP contribution in [0.25, 0.3) is 0 Å². The third-order valence-corrected chi connectivity index (χ3v) is 1.77. The largest absolute Gasteiger partial charge is 0.257 e. The zero-order valence-electron chi connectivity index (χ0n) is 5.21. The van der Waals surface area contributed by atoms with Crippen molar-refractivity contribution in [1.82, 2.24) is 4.98 Å². The first-order valence-corrected chi connectivity index (χ1v) is 3.41. The first kappa shape index (κ1) is 5.86. The van der Waals surface area contributed by atoms with Gasteiger partial charge >= 0.3 is 0 Å². The molecule has 1 aliphatic heterocycles. The van der Waals surface area contributed by atoms with Crippen molar-refractivity contribution in [3.63, 3.8) is 0 Å². The van der Waals surface area contributed by atoms with Gasteiger partial charge < -0.3 is 0 Å². The molecule has 0 saturated heterocycles. The molecule has 0 aromatic carbocycles. The summed E-state index contributed by atoms with van der Waals surface area (Å²) in [4.78, 5) is 7.98. The summed E-state index contributed by atoms with van der Waals surface area (Å²) in [5, 5.41) is 0.506. The van der Waals surface area contributed by atoms with E-state index in [-0.39, 0.29) is 0 Å². The molecule has 0 bridgehead atoms. The lowest BCUT2D eigenvalue weighted by Gasteiger charge is -1.95. The molecule has 0 amide bonds. The van der Waals surface area contributed by atoms with Crippen LogP contribution in [0.3, 0.4) is 0 Å². The van der Waals surface area contributed by atoms with E-state index in [2.05, 4.69) is 9.98 Å². The van der Waals surface area contributed by atoms with Crippen LogP contribution in [0.5, 0.6) is 0 Å². The molecule has 3 heteroatoms. The Morgan fingerprint density at radius 1 is 1.50 bits per heavy atom. The lowest BCUT2D eigenvalue weighted by atomic mass is 10.2. The molecule has 50 valence electrons. The van der Waals surface area contributed by atoms with Crippen molar-refractivity contribution in [2.75, 3.05) is 0 Å². The summed E-state index contributed by atoms with van der Waals surface area (Å²) in [6, 6.07) is 1.94. The maximum Gasteiger partial charge on any atom is 0.154 e. The molecule has 0 spiro atoms. The van der Waals surface area contributed by atoms with Gasteiger partial charge in [-0.1, -0.05) is 11.6 Å². The van der Waals surface area contributed by atoms with E-state index >= 15 is 0 Å². The predicted molar refractivity (Wildman–Crippen MR) is 41.1 cm³/mol. The van der Waals surface area contributed by atoms with Gasteiger partial charge in [-0.05, 0) is 11.6 Å². The number of hydrogen-bond acceptors (Lipinski definition) is 2. The van der Waals surface area contributed by atoms with E-state index in [1.54, 1.807) is 6.20 Å². The maximum absolute atomic E-state index is 5.74. The van der Waals surface area contributed by atoms with Gasteiger partial charge in [0.25, 0.3) is 0 Å². The summed E-state index contributed by atoms with van der Waals surface area (Å²) in [6.45, 7) is 0. The highest BCUT2D eigenvalue weighted by Crippen LogP contribution is 2.29. The van der Waals surface area contributed by atoms with E-state index in [0.29, 0.717) is 5.15 Å². The summed E-state index contributed by atoms with van der Waals surface area (Å²) in [5.41, 5.74) is 2.00. The van der Waals surface area contributed by atoms with Crippen molar-refractivity contribution < 1.29 is 0 Å². The number of pyridine rings is 1. The second kappa shape index (κ2) is 2.06. The summed E-state index contributed by atoms with van der Waals surface area (Å²) in [6.07, 6.45) is 4.44. The Balaban J connectivity index is 2.67. The van der Waals surface area contributed by atoms with Crippen LogP contribution in [0.15, 0.2) is 17.3 Å². The summed E-state index contributed by atoms with van der Waals surface area (Å²) < 4.78 is 0. The SMILES string of the molecule is Clc1nccc2c1N=CC2. The third-order valence-electron chi connectivity index (χ3n) is 1.49. The minimum Gasteiger partial charge on any atom is -0.257 e. The fourth-order valence-corrected chi connectivity index (χ4v) is 1.23. The second-order valence-electron chi connectivity index (χ2n) is 2.13. The van der Waals surface area contributed by atoms with E-state index in [9.17, 15) is 0 Å². The van der Waals surface area contributed by atoms with Crippen molar-refractivity contribution >= 4 is 23.5 Å². The Kier molecular flexibility index (Phi) is 1.21. The lowest BCUT2D eigenvalue weighted by Crippen LogP contribution is -1.80. The van der Waals surface area contributed by atoms with Crippen molar-refractivity contribution in [2.24, 2.45) is 4.99 Å². The molecule has 0 radical (unpaired) electrons. The average molecular weight is 153 g/mol. The van der Waals surface area contributed by atoms with Gasteiger partial charge in [0.1, 0.15) is 5.69 Å². The molecule has 0 aliphatic carbocycles. The van der Waals surface area contributed by atoms with E-state index in [0.717, 1.165) is 12.1 Å². The first-order valence-electron chi connectivity index (χ1n) is 3.04. The number of halogens is 1. The van der Waals surface area contributed by atoms with Gasteiger partial charge in [0.15, 0.2) is 5.15 Å². The van der Waals surface area contributed by atoms with Gasteiger partial charge in [-0.2, -0.15) is 0 Å². The fraction of sp³-hybridized carbons (Fsp3) is 0.143. The third kappa shape index (κ3) is 0.727. The van der Waals surface area contributed by atoms with Crippen molar-refractivity contribution in [2.45, 2.75) is 6.42 Å². The topological polar surface area (TPSA) is 25.2 Å². The molecule has 0 fully saturated rings. The average Bonchev–Trinajstić information content (AvgIpc) is 2.36. The molecule has 2 heterocycles. The number of nitrogens with zero attached hydrogens (tertiary/aromatic N) is 2. The molecule has 0 atom stereocenters. The Hall–Kier alpha value is -0.890. The second-order valence-corrected chi connectivity index (χ2v) is 2.48. The van der Waals surface area contributed by atoms with Crippen molar-refractivity contribution in [3.8, 4) is 0 Å². The molecule has 0 N–H and O–H groups in total. The highest BCUT2D eigenvalue weighted by atomic mass is 35.5. The van der Waals surface area contributed by atoms with Crippen LogP contribution in [0.1, 0.15) is 5.56 Å². The molecular weight excluding hydrogens is 148 g/mol. The first-order chi connectivity index (χ1) is 4.88. The molecule has 0 unspecified atom stereocenters. The smallest absolute Gasteiger partial charge is 0.154 e. The molecule has 0 saturated carbocycles. The Morgan fingerprint density at radius 2 is 2.40 bits per heavy atom. The van der Waals surface area contributed by atoms with Gasteiger partial charge in [0.2, 0.25) is 0 Å². The van der Waals surface area contributed by atoms with Gasteiger partial charge in [-0.15, -0.1) is 0 Å². The quantitative estimate of drug-likeness (QED) is 0.522. The number of aliphatic imine (C=N–C) groups is 1. The Bertz CT molecular complexity index is 294. The van der Waals surface area contributed by atoms with Gasteiger partial charge in [-0.25, -0.2) is 4.98 Å². The minimum absolute atomic E-state index is 0.506. The number of rotatable bonds is 0. The molecule has 1 aliphatic rings. The van der Waals surface area contributed by atoms with Crippen molar-refractivity contribution in [3.05, 3.63) is 23.0 Å². The monoisotopic (exact) mass is 152 g/mol. The highest BCUT2D eigenvalue weighted by molar-refractivity contribution is 6.32. The fourth-order valence-electron chi connectivity index (χ4n) is 1.00. The van der Waals surface area contributed by atoms with Crippen LogP contribution in [0, 0.1) is 0 Å².